The number of imidazole rings is 1. The first kappa shape index (κ1) is 24.6. The number of nitrogens with zero attached hydrogens (tertiary/aromatic N) is 4. The minimum atomic E-state index is -0.250. The third-order valence-corrected chi connectivity index (χ3v) is 5.47. The largest absolute Gasteiger partial charge is 0.483 e. The Kier molecular flexibility index (Phi) is 12.3. The molecule has 0 radical (unpaired) electrons. The minimum Gasteiger partial charge on any atom is -0.483 e. The lowest BCUT2D eigenvalue weighted by Gasteiger charge is -2.21. The zero-order valence-corrected chi connectivity index (χ0v) is 17.5. The Bertz CT molecular complexity index is 720. The molecule has 0 saturated carbocycles. The van der Waals surface area contributed by atoms with Crippen molar-refractivity contribution in [1.29, 1.82) is 0 Å². The van der Waals surface area contributed by atoms with Crippen LogP contribution < -0.4 is 0 Å². The molecule has 2 aromatic rings. The maximum absolute atomic E-state index is 12.5. The Labute approximate surface area is 178 Å². The highest BCUT2D eigenvalue weighted by Gasteiger charge is 2.22. The van der Waals surface area contributed by atoms with Gasteiger partial charge in [0.1, 0.15) is 4.88 Å². The van der Waals surface area contributed by atoms with Gasteiger partial charge < -0.3 is 24.6 Å². The van der Waals surface area contributed by atoms with Crippen molar-refractivity contribution >= 4 is 41.8 Å². The maximum Gasteiger partial charge on any atom is 0.290 e. The second-order valence-corrected chi connectivity index (χ2v) is 7.27. The second-order valence-electron chi connectivity index (χ2n) is 5.95. The molecule has 1 fully saturated rings. The first-order valence-electron chi connectivity index (χ1n) is 8.93. The van der Waals surface area contributed by atoms with Gasteiger partial charge in [0.25, 0.3) is 18.9 Å². The SMILES string of the molecule is O=C(c1sccc1Cl)N1CCCN(CCCn2ccnc2)CC1.O=CO.O=CO. The first-order chi connectivity index (χ1) is 14.1. The highest BCUT2D eigenvalue weighted by Crippen LogP contribution is 2.24. The van der Waals surface area contributed by atoms with E-state index >= 15 is 0 Å². The number of aromatic nitrogens is 2. The highest BCUT2D eigenvalue weighted by molar-refractivity contribution is 7.12. The Morgan fingerprint density at radius 2 is 1.90 bits per heavy atom. The molecule has 0 aliphatic carbocycles. The fourth-order valence-corrected chi connectivity index (χ4v) is 3.99. The highest BCUT2D eigenvalue weighted by atomic mass is 35.5. The van der Waals surface area contributed by atoms with E-state index in [1.165, 1.54) is 11.3 Å². The number of rotatable bonds is 5. The van der Waals surface area contributed by atoms with Gasteiger partial charge in [0, 0.05) is 38.6 Å². The predicted octanol–water partition coefficient (Wildman–Crippen LogP) is 2.24. The van der Waals surface area contributed by atoms with E-state index in [0.717, 1.165) is 52.1 Å². The van der Waals surface area contributed by atoms with Crippen LogP contribution in [0.2, 0.25) is 5.02 Å². The molecule has 2 aromatic heterocycles. The summed E-state index contributed by atoms with van der Waals surface area (Å²) in [6, 6.07) is 1.79. The molecule has 0 aromatic carbocycles. The van der Waals surface area contributed by atoms with Crippen LogP contribution in [-0.4, -0.2) is 81.1 Å². The fraction of sp³-hybridized carbons (Fsp3) is 0.444. The van der Waals surface area contributed by atoms with Gasteiger partial charge in [0.2, 0.25) is 0 Å². The van der Waals surface area contributed by atoms with Gasteiger partial charge in [0.15, 0.2) is 0 Å². The molecular formula is C18H25ClN4O5S. The molecule has 2 N–H and O–H groups in total. The van der Waals surface area contributed by atoms with Gasteiger partial charge in [-0.3, -0.25) is 14.4 Å². The summed E-state index contributed by atoms with van der Waals surface area (Å²) >= 11 is 7.51. The van der Waals surface area contributed by atoms with Crippen LogP contribution in [0.1, 0.15) is 22.5 Å². The summed E-state index contributed by atoms with van der Waals surface area (Å²) in [5, 5.41) is 16.2. The molecule has 1 aliphatic heterocycles. The molecule has 3 heterocycles. The average molecular weight is 445 g/mol. The van der Waals surface area contributed by atoms with E-state index in [0.29, 0.717) is 9.90 Å². The normalized spacial score (nSPS) is 13.9. The Morgan fingerprint density at radius 3 is 2.48 bits per heavy atom. The van der Waals surface area contributed by atoms with Crippen molar-refractivity contribution in [2.45, 2.75) is 19.4 Å². The van der Waals surface area contributed by atoms with Crippen molar-refractivity contribution in [3.63, 3.8) is 0 Å². The molecule has 29 heavy (non-hydrogen) atoms. The van der Waals surface area contributed by atoms with Crippen LogP contribution in [0.5, 0.6) is 0 Å². The molecule has 0 bridgehead atoms. The number of carbonyl (C=O) groups is 3. The van der Waals surface area contributed by atoms with E-state index in [4.69, 9.17) is 31.4 Å². The van der Waals surface area contributed by atoms with Crippen molar-refractivity contribution in [2.75, 3.05) is 32.7 Å². The lowest BCUT2D eigenvalue weighted by molar-refractivity contribution is -0.123. The standard InChI is InChI=1S/C16H21ClN4OS.2CH2O2/c17-14-3-12-23-15(14)16(22)21-8-2-6-19(10-11-21)5-1-7-20-9-4-18-13-20;2*2-1-3/h3-4,9,12-13H,1-2,5-8,10-11H2;2*1H,(H,2,3). The second kappa shape index (κ2) is 14.6. The molecule has 1 amide bonds. The lowest BCUT2D eigenvalue weighted by atomic mass is 10.3. The molecule has 0 spiro atoms. The molecular weight excluding hydrogens is 420 g/mol. The van der Waals surface area contributed by atoms with Gasteiger partial charge in [-0.25, -0.2) is 4.98 Å². The van der Waals surface area contributed by atoms with Crippen molar-refractivity contribution < 1.29 is 24.6 Å². The van der Waals surface area contributed by atoms with Gasteiger partial charge in [-0.1, -0.05) is 11.6 Å². The number of carbonyl (C=O) groups excluding carboxylic acids is 1. The van der Waals surface area contributed by atoms with E-state index in [2.05, 4.69) is 14.5 Å². The van der Waals surface area contributed by atoms with Crippen molar-refractivity contribution in [2.24, 2.45) is 0 Å². The quantitative estimate of drug-likeness (QED) is 0.679. The zero-order chi connectivity index (χ0) is 21.5. The number of thiophene rings is 1. The maximum atomic E-state index is 12.5. The van der Waals surface area contributed by atoms with Gasteiger partial charge in [-0.2, -0.15) is 0 Å². The third-order valence-electron chi connectivity index (χ3n) is 4.14. The Hall–Kier alpha value is -2.43. The first-order valence-corrected chi connectivity index (χ1v) is 10.2. The zero-order valence-electron chi connectivity index (χ0n) is 15.9. The van der Waals surface area contributed by atoms with Gasteiger partial charge >= 0.3 is 0 Å². The molecule has 1 saturated heterocycles. The van der Waals surface area contributed by atoms with Crippen LogP contribution in [0.4, 0.5) is 0 Å². The number of hydrogen-bond acceptors (Lipinski definition) is 6. The fourth-order valence-electron chi connectivity index (χ4n) is 2.88. The number of halogens is 1. The summed E-state index contributed by atoms with van der Waals surface area (Å²) in [6.45, 7) is 5.11. The molecule has 3 rings (SSSR count). The predicted molar refractivity (Wildman–Crippen MR) is 111 cm³/mol. The minimum absolute atomic E-state index is 0.0743. The van der Waals surface area contributed by atoms with Crippen LogP contribution >= 0.6 is 22.9 Å². The topological polar surface area (TPSA) is 116 Å². The summed E-state index contributed by atoms with van der Waals surface area (Å²) in [5.74, 6) is 0.0743. The van der Waals surface area contributed by atoms with Crippen LogP contribution in [0.25, 0.3) is 0 Å². The third kappa shape index (κ3) is 9.07. The Morgan fingerprint density at radius 1 is 1.17 bits per heavy atom. The molecule has 9 nitrogen and oxygen atoms in total. The summed E-state index contributed by atoms with van der Waals surface area (Å²) in [4.78, 5) is 38.4. The summed E-state index contributed by atoms with van der Waals surface area (Å²) in [7, 11) is 0. The van der Waals surface area contributed by atoms with Crippen molar-refractivity contribution in [1.82, 2.24) is 19.4 Å². The number of carboxylic acid groups (broad SMARTS) is 2. The van der Waals surface area contributed by atoms with Crippen LogP contribution in [0.15, 0.2) is 30.2 Å². The van der Waals surface area contributed by atoms with Crippen LogP contribution in [0, 0.1) is 0 Å². The van der Waals surface area contributed by atoms with Gasteiger partial charge in [0.05, 0.1) is 11.3 Å². The summed E-state index contributed by atoms with van der Waals surface area (Å²) in [5.41, 5.74) is 0. The molecule has 0 unspecified atom stereocenters. The van der Waals surface area contributed by atoms with Gasteiger partial charge in [-0.15, -0.1) is 11.3 Å². The average Bonchev–Trinajstić information content (AvgIpc) is 3.30. The lowest BCUT2D eigenvalue weighted by Crippen LogP contribution is -2.35. The van der Waals surface area contributed by atoms with Crippen molar-refractivity contribution in [3.05, 3.63) is 40.1 Å². The number of aryl methyl sites for hydroxylation is 1. The Balaban J connectivity index is 0.000000626. The van der Waals surface area contributed by atoms with E-state index in [9.17, 15) is 4.79 Å². The van der Waals surface area contributed by atoms with E-state index < -0.39 is 0 Å². The molecule has 0 atom stereocenters. The number of amides is 1. The van der Waals surface area contributed by atoms with Crippen molar-refractivity contribution in [3.8, 4) is 0 Å². The summed E-state index contributed by atoms with van der Waals surface area (Å²) < 4.78 is 2.10. The monoisotopic (exact) mass is 444 g/mol. The van der Waals surface area contributed by atoms with E-state index in [1.807, 2.05) is 29.0 Å². The molecule has 11 heteroatoms. The van der Waals surface area contributed by atoms with Gasteiger partial charge in [-0.05, 0) is 37.4 Å². The molecule has 1 aliphatic rings. The summed E-state index contributed by atoms with van der Waals surface area (Å²) in [6.07, 6.45) is 7.77. The smallest absolute Gasteiger partial charge is 0.290 e. The van der Waals surface area contributed by atoms with E-state index in [-0.39, 0.29) is 18.9 Å². The van der Waals surface area contributed by atoms with Crippen LogP contribution in [-0.2, 0) is 16.1 Å². The number of hydrogen-bond donors (Lipinski definition) is 2. The molecule has 160 valence electrons. The van der Waals surface area contributed by atoms with Crippen LogP contribution in [0.3, 0.4) is 0 Å². The van der Waals surface area contributed by atoms with E-state index in [1.54, 1.807) is 6.07 Å².